The Hall–Kier alpha value is -1.62. The van der Waals surface area contributed by atoms with Crippen LogP contribution in [0.4, 0.5) is 13.2 Å². The van der Waals surface area contributed by atoms with Crippen LogP contribution >= 0.6 is 0 Å². The summed E-state index contributed by atoms with van der Waals surface area (Å²) in [7, 11) is -3.47. The number of rotatable bonds is 18. The Labute approximate surface area is 203 Å². The maximum atomic E-state index is 11.5. The van der Waals surface area contributed by atoms with Crippen molar-refractivity contribution in [2.75, 3.05) is 12.3 Å². The third-order valence-electron chi connectivity index (χ3n) is 4.58. The van der Waals surface area contributed by atoms with Crippen molar-refractivity contribution in [2.24, 2.45) is 0 Å². The van der Waals surface area contributed by atoms with E-state index in [0.717, 1.165) is 25.7 Å². The van der Waals surface area contributed by atoms with Gasteiger partial charge in [-0.15, -0.1) is 0 Å². The normalized spacial score (nSPS) is 11.4. The molecule has 0 saturated carbocycles. The van der Waals surface area contributed by atoms with Gasteiger partial charge in [0.05, 0.1) is 6.54 Å². The van der Waals surface area contributed by atoms with Gasteiger partial charge in [0.25, 0.3) is 0 Å². The highest BCUT2D eigenvalue weighted by molar-refractivity contribution is 7.90. The van der Waals surface area contributed by atoms with E-state index >= 15 is 0 Å². The molecule has 0 aromatic rings. The predicted octanol–water partition coefficient (Wildman–Crippen LogP) is 3.65. The van der Waals surface area contributed by atoms with Crippen LogP contribution in [0.2, 0.25) is 0 Å². The van der Waals surface area contributed by atoms with E-state index in [1.165, 1.54) is 57.8 Å². The second-order valence-electron chi connectivity index (χ2n) is 7.82. The van der Waals surface area contributed by atoms with Crippen molar-refractivity contribution in [3.05, 3.63) is 12.2 Å². The summed E-state index contributed by atoms with van der Waals surface area (Å²) in [5.41, 5.74) is 3.49. The van der Waals surface area contributed by atoms with E-state index in [1.807, 2.05) is 0 Å². The highest BCUT2D eigenvalue weighted by Gasteiger charge is 2.28. The molecule has 204 valence electrons. The number of amides is 1. The lowest BCUT2D eigenvalue weighted by molar-refractivity contribution is -0.360. The molecule has 0 aliphatic rings. The fraction of sp³-hybridized carbons (Fsp3) is 0.826. The summed E-state index contributed by atoms with van der Waals surface area (Å²) in [5, 5.41) is 8.78. The van der Waals surface area contributed by atoms with Crippen molar-refractivity contribution in [1.82, 2.24) is 4.72 Å². The molecule has 0 atom stereocenters. The molecular formula is C23H45F3N2O5S. The second-order valence-corrected chi connectivity index (χ2v) is 9.66. The van der Waals surface area contributed by atoms with Gasteiger partial charge in [-0.2, -0.15) is 13.2 Å². The third kappa shape index (κ3) is 28.4. The smallest absolute Gasteiger partial charge is 0.430 e. The molecule has 11 heteroatoms. The number of carbonyl (C=O) groups is 2. The first-order chi connectivity index (χ1) is 15.5. The molecule has 0 aromatic carbocycles. The minimum atomic E-state index is -5.19. The first kappa shape index (κ1) is 36.9. The molecule has 0 fully saturated rings. The second kappa shape index (κ2) is 23.1. The molecule has 0 aliphatic heterocycles. The van der Waals surface area contributed by atoms with Gasteiger partial charge in [0.15, 0.2) is 0 Å². The van der Waals surface area contributed by atoms with Gasteiger partial charge in [-0.1, -0.05) is 77.9 Å². The lowest BCUT2D eigenvalue weighted by atomic mass is 10.1. The summed E-state index contributed by atoms with van der Waals surface area (Å²) in [6.07, 6.45) is 15.3. The Kier molecular flexibility index (Phi) is 25.1. The summed E-state index contributed by atoms with van der Waals surface area (Å²) >= 11 is 0. The van der Waals surface area contributed by atoms with Crippen molar-refractivity contribution in [2.45, 2.75) is 110 Å². The minimum absolute atomic E-state index is 0. The van der Waals surface area contributed by atoms with Crippen LogP contribution in [0.5, 0.6) is 0 Å². The summed E-state index contributed by atoms with van der Waals surface area (Å²) in [5.74, 6) is -3.49. The minimum Gasteiger partial charge on any atom is -0.542 e. The van der Waals surface area contributed by atoms with Crippen LogP contribution in [0.3, 0.4) is 0 Å². The maximum Gasteiger partial charge on any atom is 0.430 e. The topological polar surface area (TPSA) is 131 Å². The molecule has 0 aliphatic carbocycles. The molecule has 0 heterocycles. The maximum absolute atomic E-state index is 11.5. The van der Waals surface area contributed by atoms with Gasteiger partial charge >= 0.3 is 6.18 Å². The van der Waals surface area contributed by atoms with Crippen molar-refractivity contribution in [3.63, 3.8) is 0 Å². The molecule has 7 nitrogen and oxygen atoms in total. The molecule has 0 aromatic heterocycles. The molecule has 0 saturated heterocycles. The van der Waals surface area contributed by atoms with E-state index in [9.17, 15) is 26.4 Å². The standard InChI is InChI=1S/C20H40N2O3S.C2HF3O2.CH4/c1-2-3-4-5-6-7-8-9-10-11-12-13-14-15-16-17-20(23)22-26(24,25)19-18-21;3-2(4,5)1(6)7;/h9-10H,2-8,11-19,21H2,1H3,(H,22,23);(H,6,7);1H4/b10-9-;;. The van der Waals surface area contributed by atoms with E-state index in [1.54, 1.807) is 0 Å². The summed E-state index contributed by atoms with van der Waals surface area (Å²) in [6.45, 7) is 2.52. The zero-order chi connectivity index (χ0) is 25.6. The van der Waals surface area contributed by atoms with Gasteiger partial charge in [0.1, 0.15) is 11.7 Å². The monoisotopic (exact) mass is 518 g/mol. The van der Waals surface area contributed by atoms with E-state index in [2.05, 4.69) is 29.5 Å². The van der Waals surface area contributed by atoms with Gasteiger partial charge in [0.2, 0.25) is 15.9 Å². The Morgan fingerprint density at radius 3 is 1.71 bits per heavy atom. The first-order valence-corrected chi connectivity index (χ1v) is 13.4. The van der Waals surface area contributed by atoms with Crippen molar-refractivity contribution in [3.8, 4) is 0 Å². The lowest BCUT2D eigenvalue weighted by Crippen LogP contribution is -2.54. The van der Waals surface area contributed by atoms with E-state index in [-0.39, 0.29) is 26.1 Å². The van der Waals surface area contributed by atoms with Crippen LogP contribution in [-0.2, 0) is 19.6 Å². The van der Waals surface area contributed by atoms with Gasteiger partial charge in [-0.3, -0.25) is 9.52 Å². The zero-order valence-electron chi connectivity index (χ0n) is 19.8. The average molecular weight is 519 g/mol. The number of carbonyl (C=O) groups excluding carboxylic acids is 2. The number of halogens is 3. The summed E-state index contributed by atoms with van der Waals surface area (Å²) in [4.78, 5) is 20.3. The van der Waals surface area contributed by atoms with Crippen LogP contribution in [0, 0.1) is 0 Å². The average Bonchev–Trinajstić information content (AvgIpc) is 2.70. The van der Waals surface area contributed by atoms with Gasteiger partial charge < -0.3 is 15.6 Å². The highest BCUT2D eigenvalue weighted by Crippen LogP contribution is 2.12. The van der Waals surface area contributed by atoms with E-state index in [4.69, 9.17) is 9.90 Å². The highest BCUT2D eigenvalue weighted by atomic mass is 32.2. The molecule has 0 spiro atoms. The third-order valence-corrected chi connectivity index (χ3v) is 5.94. The summed E-state index contributed by atoms with van der Waals surface area (Å²) in [6, 6.07) is 0. The molecule has 4 N–H and O–H groups in total. The Balaban J connectivity index is -0.00000104. The van der Waals surface area contributed by atoms with Gasteiger partial charge in [-0.25, -0.2) is 8.42 Å². The number of alkyl halides is 3. The molecule has 0 rings (SSSR count). The SMILES string of the molecule is C.CCCCCCCC/C=C\CCCCCCCC(=O)NS(=O)(=O)CC[NH3+].O=C([O-])C(F)(F)F. The molecule has 1 amide bonds. The zero-order valence-corrected chi connectivity index (χ0v) is 20.6. The van der Waals surface area contributed by atoms with Gasteiger partial charge in [0, 0.05) is 6.42 Å². The Morgan fingerprint density at radius 1 is 0.882 bits per heavy atom. The molecule has 34 heavy (non-hydrogen) atoms. The van der Waals surface area contributed by atoms with Crippen LogP contribution in [-0.4, -0.2) is 38.8 Å². The number of quaternary nitrogens is 1. The van der Waals surface area contributed by atoms with Crippen LogP contribution in [0.1, 0.15) is 104 Å². The van der Waals surface area contributed by atoms with E-state index in [0.29, 0.717) is 0 Å². The number of carboxylic acid groups (broad SMARTS) is 1. The number of hydrogen-bond donors (Lipinski definition) is 2. The number of aliphatic carboxylic acids is 1. The van der Waals surface area contributed by atoms with Crippen LogP contribution in [0.25, 0.3) is 0 Å². The Bertz CT molecular complexity index is 639. The number of allylic oxidation sites excluding steroid dienone is 2. The Morgan fingerprint density at radius 2 is 1.29 bits per heavy atom. The number of sulfonamides is 1. The van der Waals surface area contributed by atoms with Crippen LogP contribution < -0.4 is 15.6 Å². The molecule has 0 radical (unpaired) electrons. The van der Waals surface area contributed by atoms with E-state index < -0.39 is 28.1 Å². The lowest BCUT2D eigenvalue weighted by Gasteiger charge is -2.05. The largest absolute Gasteiger partial charge is 0.542 e. The first-order valence-electron chi connectivity index (χ1n) is 11.7. The number of carboxylic acids is 1. The molecule has 0 bridgehead atoms. The number of nitrogens with one attached hydrogen (secondary N) is 1. The number of hydrogen-bond acceptors (Lipinski definition) is 5. The predicted molar refractivity (Wildman–Crippen MR) is 127 cm³/mol. The van der Waals surface area contributed by atoms with Crippen molar-refractivity contribution >= 4 is 21.9 Å². The molecular weight excluding hydrogens is 473 g/mol. The molecule has 0 unspecified atom stereocenters. The number of unbranched alkanes of at least 4 members (excludes halogenated alkanes) is 11. The fourth-order valence-corrected chi connectivity index (χ4v) is 3.75. The van der Waals surface area contributed by atoms with Crippen molar-refractivity contribution < 1.29 is 42.0 Å². The van der Waals surface area contributed by atoms with Crippen LogP contribution in [0.15, 0.2) is 12.2 Å². The summed E-state index contributed by atoms with van der Waals surface area (Å²) < 4.78 is 56.5. The van der Waals surface area contributed by atoms with Gasteiger partial charge in [-0.05, 0) is 32.1 Å². The quantitative estimate of drug-likeness (QED) is 0.211. The van der Waals surface area contributed by atoms with Crippen molar-refractivity contribution in [1.29, 1.82) is 0 Å². The fourth-order valence-electron chi connectivity index (χ4n) is 2.82.